The lowest BCUT2D eigenvalue weighted by molar-refractivity contribution is 0.0240. The van der Waals surface area contributed by atoms with Crippen molar-refractivity contribution < 1.29 is 24.2 Å². The summed E-state index contributed by atoms with van der Waals surface area (Å²) < 4.78 is 5.51. The summed E-state index contributed by atoms with van der Waals surface area (Å²) in [5.41, 5.74) is 5.23. The number of nitrogens with one attached hydrogen (secondary N) is 1. The number of carboxylic acid groups (broad SMARTS) is 1. The van der Waals surface area contributed by atoms with Crippen molar-refractivity contribution in [3.05, 3.63) is 82.9 Å². The molecule has 1 aliphatic heterocycles. The molecule has 0 unspecified atom stereocenters. The topological polar surface area (TPSA) is 99.2 Å². The minimum absolute atomic E-state index is 0.209. The highest BCUT2D eigenvalue weighted by molar-refractivity contribution is 6.07. The first kappa shape index (κ1) is 27.7. The molecule has 39 heavy (non-hydrogen) atoms. The monoisotopic (exact) mass is 529 g/mol. The van der Waals surface area contributed by atoms with E-state index in [9.17, 15) is 19.5 Å². The predicted molar refractivity (Wildman–Crippen MR) is 153 cm³/mol. The average molecular weight is 530 g/mol. The quantitative estimate of drug-likeness (QED) is 0.422. The average Bonchev–Trinajstić information content (AvgIpc) is 2.88. The van der Waals surface area contributed by atoms with Crippen LogP contribution in [0.25, 0.3) is 11.1 Å². The number of nitrogens with zero attached hydrogens (tertiary/aromatic N) is 2. The maximum absolute atomic E-state index is 13.2. The van der Waals surface area contributed by atoms with Gasteiger partial charge >= 0.3 is 12.1 Å². The van der Waals surface area contributed by atoms with Gasteiger partial charge in [0, 0.05) is 43.0 Å². The minimum Gasteiger partial charge on any atom is -0.478 e. The Morgan fingerprint density at radius 2 is 1.44 bits per heavy atom. The summed E-state index contributed by atoms with van der Waals surface area (Å²) >= 11 is 0. The lowest BCUT2D eigenvalue weighted by atomic mass is 9.96. The van der Waals surface area contributed by atoms with Gasteiger partial charge in [-0.15, -0.1) is 0 Å². The molecule has 1 aliphatic rings. The van der Waals surface area contributed by atoms with Crippen LogP contribution >= 0.6 is 0 Å². The number of aromatic carboxylic acids is 1. The van der Waals surface area contributed by atoms with Gasteiger partial charge in [0.05, 0.1) is 11.3 Å². The number of hydrogen-bond acceptors (Lipinski definition) is 5. The first-order valence-electron chi connectivity index (χ1n) is 13.0. The molecule has 0 atom stereocenters. The largest absolute Gasteiger partial charge is 0.478 e. The van der Waals surface area contributed by atoms with Gasteiger partial charge in [-0.2, -0.15) is 0 Å². The van der Waals surface area contributed by atoms with Crippen LogP contribution in [-0.4, -0.2) is 59.8 Å². The molecule has 0 saturated carbocycles. The lowest BCUT2D eigenvalue weighted by Crippen LogP contribution is -2.50. The Hall–Kier alpha value is -4.33. The fourth-order valence-corrected chi connectivity index (χ4v) is 4.54. The van der Waals surface area contributed by atoms with Crippen LogP contribution in [0.1, 0.15) is 52.6 Å². The van der Waals surface area contributed by atoms with Crippen molar-refractivity contribution in [1.29, 1.82) is 0 Å². The summed E-state index contributed by atoms with van der Waals surface area (Å²) in [4.78, 5) is 41.0. The zero-order chi connectivity index (χ0) is 28.3. The Bertz CT molecular complexity index is 1380. The van der Waals surface area contributed by atoms with E-state index in [1.54, 1.807) is 35.2 Å². The van der Waals surface area contributed by atoms with Crippen molar-refractivity contribution in [2.75, 3.05) is 36.4 Å². The molecule has 0 spiro atoms. The van der Waals surface area contributed by atoms with Crippen molar-refractivity contribution in [3.63, 3.8) is 0 Å². The fourth-order valence-electron chi connectivity index (χ4n) is 4.54. The number of piperazine rings is 1. The van der Waals surface area contributed by atoms with Crippen LogP contribution in [0.3, 0.4) is 0 Å². The van der Waals surface area contributed by atoms with E-state index in [-0.39, 0.29) is 17.6 Å². The van der Waals surface area contributed by atoms with Crippen LogP contribution in [-0.2, 0) is 4.74 Å². The first-order valence-corrected chi connectivity index (χ1v) is 13.0. The number of ether oxygens (including phenoxy) is 1. The number of carbonyl (C=O) groups excluding carboxylic acids is 2. The first-order chi connectivity index (χ1) is 18.4. The van der Waals surface area contributed by atoms with Crippen LogP contribution in [0.5, 0.6) is 0 Å². The van der Waals surface area contributed by atoms with E-state index in [0.29, 0.717) is 37.4 Å². The summed E-state index contributed by atoms with van der Waals surface area (Å²) in [7, 11) is 0. The van der Waals surface area contributed by atoms with E-state index in [1.165, 1.54) is 0 Å². The summed E-state index contributed by atoms with van der Waals surface area (Å²) in [5.74, 6) is -1.22. The molecule has 2 amide bonds. The normalized spacial score (nSPS) is 13.7. The van der Waals surface area contributed by atoms with Gasteiger partial charge in [-0.05, 0) is 82.1 Å². The van der Waals surface area contributed by atoms with Gasteiger partial charge < -0.3 is 25.0 Å². The number of carboxylic acids is 1. The van der Waals surface area contributed by atoms with E-state index >= 15 is 0 Å². The van der Waals surface area contributed by atoms with E-state index in [2.05, 4.69) is 10.2 Å². The summed E-state index contributed by atoms with van der Waals surface area (Å²) in [6, 6.07) is 18.2. The van der Waals surface area contributed by atoms with Crippen LogP contribution in [0.15, 0.2) is 60.7 Å². The Kier molecular flexibility index (Phi) is 7.95. The molecular weight excluding hydrogens is 494 g/mol. The van der Waals surface area contributed by atoms with Crippen molar-refractivity contribution in [2.45, 2.75) is 40.2 Å². The highest BCUT2D eigenvalue weighted by Crippen LogP contribution is 2.35. The molecule has 204 valence electrons. The molecule has 3 aromatic carbocycles. The van der Waals surface area contributed by atoms with E-state index < -0.39 is 11.6 Å². The number of hydrogen-bond donors (Lipinski definition) is 2. The molecule has 2 N–H and O–H groups in total. The smallest absolute Gasteiger partial charge is 0.410 e. The number of aryl methyl sites for hydroxylation is 2. The molecular formula is C31H35N3O5. The summed E-state index contributed by atoms with van der Waals surface area (Å²) in [5, 5.41) is 12.5. The Labute approximate surface area is 229 Å². The number of rotatable bonds is 5. The number of carbonyl (C=O) groups is 3. The van der Waals surface area contributed by atoms with Gasteiger partial charge in [0.25, 0.3) is 5.91 Å². The molecule has 0 radical (unpaired) electrons. The second-order valence-corrected chi connectivity index (χ2v) is 10.8. The van der Waals surface area contributed by atoms with Crippen molar-refractivity contribution in [3.8, 4) is 11.1 Å². The van der Waals surface area contributed by atoms with Crippen LogP contribution in [0.2, 0.25) is 0 Å². The highest BCUT2D eigenvalue weighted by atomic mass is 16.6. The molecule has 8 heteroatoms. The Morgan fingerprint density at radius 1 is 0.821 bits per heavy atom. The zero-order valence-electron chi connectivity index (χ0n) is 23.1. The maximum atomic E-state index is 13.2. The highest BCUT2D eigenvalue weighted by Gasteiger charge is 2.26. The molecule has 0 aliphatic carbocycles. The van der Waals surface area contributed by atoms with E-state index in [1.807, 2.05) is 65.0 Å². The van der Waals surface area contributed by atoms with Crippen molar-refractivity contribution >= 4 is 29.3 Å². The summed E-state index contributed by atoms with van der Waals surface area (Å²) in [6.07, 6.45) is -0.316. The third kappa shape index (κ3) is 6.76. The second kappa shape index (κ2) is 11.2. The summed E-state index contributed by atoms with van der Waals surface area (Å²) in [6.45, 7) is 11.7. The van der Waals surface area contributed by atoms with Gasteiger partial charge in [0.15, 0.2) is 0 Å². The second-order valence-electron chi connectivity index (χ2n) is 10.8. The maximum Gasteiger partial charge on any atom is 0.410 e. The molecule has 8 nitrogen and oxygen atoms in total. The molecule has 0 aromatic heterocycles. The van der Waals surface area contributed by atoms with Gasteiger partial charge in [-0.3, -0.25) is 4.79 Å². The molecule has 1 fully saturated rings. The lowest BCUT2D eigenvalue weighted by Gasteiger charge is -2.37. The van der Waals surface area contributed by atoms with E-state index in [4.69, 9.17) is 4.74 Å². The Balaban J connectivity index is 1.62. The molecule has 4 rings (SSSR count). The van der Waals surface area contributed by atoms with Crippen molar-refractivity contribution in [1.82, 2.24) is 4.90 Å². The van der Waals surface area contributed by atoms with Crippen LogP contribution in [0.4, 0.5) is 16.2 Å². The minimum atomic E-state index is -0.988. The molecule has 0 bridgehead atoms. The number of amides is 2. The molecule has 1 heterocycles. The van der Waals surface area contributed by atoms with Gasteiger partial charge in [-0.25, -0.2) is 9.59 Å². The van der Waals surface area contributed by atoms with Gasteiger partial charge in [0.1, 0.15) is 5.60 Å². The van der Waals surface area contributed by atoms with Crippen molar-refractivity contribution in [2.24, 2.45) is 0 Å². The fraction of sp³-hybridized carbons (Fsp3) is 0.323. The molecule has 1 saturated heterocycles. The predicted octanol–water partition coefficient (Wildman–Crippen LogP) is 5.98. The number of anilines is 2. The third-order valence-corrected chi connectivity index (χ3v) is 6.63. The van der Waals surface area contributed by atoms with Crippen LogP contribution in [0, 0.1) is 13.8 Å². The van der Waals surface area contributed by atoms with Crippen LogP contribution < -0.4 is 10.2 Å². The van der Waals surface area contributed by atoms with E-state index in [0.717, 1.165) is 27.9 Å². The Morgan fingerprint density at radius 3 is 2.03 bits per heavy atom. The third-order valence-electron chi connectivity index (χ3n) is 6.63. The number of benzene rings is 3. The molecule has 3 aromatic rings. The van der Waals surface area contributed by atoms with Gasteiger partial charge in [0.2, 0.25) is 0 Å². The SMILES string of the molecule is Cc1ccc(C(=O)Nc2cc(N3CCN(C(=O)OC(C)(C)C)CC3)ccc2-c2ccc(C(=O)O)cc2C)cc1. The van der Waals surface area contributed by atoms with Gasteiger partial charge in [-0.1, -0.05) is 29.8 Å². The zero-order valence-corrected chi connectivity index (χ0v) is 23.1. The standard InChI is InChI=1S/C31H35N3O5/c1-20-6-8-22(9-7-20)28(35)32-27-19-24(33-14-16-34(17-15-33)30(38)39-31(3,4)5)11-13-26(27)25-12-10-23(29(36)37)18-21(25)2/h6-13,18-19H,14-17H2,1-5H3,(H,32,35)(H,36,37).